The number of pyridine rings is 1. The van der Waals surface area contributed by atoms with E-state index in [1.807, 2.05) is 24.3 Å². The molecule has 0 bridgehead atoms. The first-order valence-electron chi connectivity index (χ1n) is 9.06. The molecule has 1 aliphatic heterocycles. The number of nitrogens with one attached hydrogen (secondary N) is 2. The maximum atomic E-state index is 11.7. The molecule has 1 aliphatic rings. The summed E-state index contributed by atoms with van der Waals surface area (Å²) in [4.78, 5) is 15.9. The molecule has 2 aromatic rings. The van der Waals surface area contributed by atoms with Crippen LogP contribution in [-0.4, -0.2) is 36.9 Å². The third-order valence-electron chi connectivity index (χ3n) is 4.44. The Balaban J connectivity index is 1.61. The van der Waals surface area contributed by atoms with E-state index < -0.39 is 6.09 Å². The van der Waals surface area contributed by atoms with Crippen LogP contribution in [0.15, 0.2) is 43.1 Å². The van der Waals surface area contributed by atoms with Gasteiger partial charge in [0.1, 0.15) is 18.2 Å². The van der Waals surface area contributed by atoms with Crippen LogP contribution in [0.1, 0.15) is 25.7 Å². The quantitative estimate of drug-likeness (QED) is 0.738. The molecular weight excluding hydrogens is 330 g/mol. The number of carbonyl (C=O) groups excluding carboxylic acids is 1. The molecule has 2 N–H and O–H groups in total. The molecule has 3 rings (SSSR count). The van der Waals surface area contributed by atoms with Crippen LogP contribution in [0.25, 0.3) is 10.8 Å². The van der Waals surface area contributed by atoms with Gasteiger partial charge in [-0.25, -0.2) is 9.78 Å². The molecule has 1 saturated heterocycles. The molecule has 6 nitrogen and oxygen atoms in total. The number of ether oxygens (including phenoxy) is 2. The highest BCUT2D eigenvalue weighted by atomic mass is 16.5. The van der Waals surface area contributed by atoms with Crippen molar-refractivity contribution in [3.05, 3.63) is 43.1 Å². The fourth-order valence-corrected chi connectivity index (χ4v) is 3.10. The summed E-state index contributed by atoms with van der Waals surface area (Å²) in [6.45, 7) is 5.47. The van der Waals surface area contributed by atoms with E-state index in [1.54, 1.807) is 6.20 Å². The summed E-state index contributed by atoms with van der Waals surface area (Å²) < 4.78 is 10.8. The summed E-state index contributed by atoms with van der Waals surface area (Å²) in [5.41, 5.74) is 0. The minimum atomic E-state index is -0.551. The van der Waals surface area contributed by atoms with E-state index in [0.29, 0.717) is 18.5 Å². The lowest BCUT2D eigenvalue weighted by molar-refractivity contribution is 0.174. The first kappa shape index (κ1) is 18.2. The highest BCUT2D eigenvalue weighted by molar-refractivity contribution is 5.98. The van der Waals surface area contributed by atoms with Gasteiger partial charge in [0.15, 0.2) is 0 Å². The zero-order chi connectivity index (χ0) is 18.2. The van der Waals surface area contributed by atoms with Gasteiger partial charge < -0.3 is 14.8 Å². The minimum absolute atomic E-state index is 0.157. The van der Waals surface area contributed by atoms with Crippen molar-refractivity contribution >= 4 is 22.7 Å². The normalized spacial score (nSPS) is 16.8. The van der Waals surface area contributed by atoms with Crippen molar-refractivity contribution in [2.45, 2.75) is 31.7 Å². The molecule has 0 aliphatic carbocycles. The van der Waals surface area contributed by atoms with Gasteiger partial charge in [-0.15, -0.1) is 0 Å². The second-order valence-corrected chi connectivity index (χ2v) is 6.34. The van der Waals surface area contributed by atoms with Crippen LogP contribution in [0, 0.1) is 0 Å². The molecule has 1 fully saturated rings. The van der Waals surface area contributed by atoms with Crippen molar-refractivity contribution in [1.82, 2.24) is 10.3 Å². The lowest BCUT2D eigenvalue weighted by atomic mass is 10.0. The summed E-state index contributed by atoms with van der Waals surface area (Å²) in [7, 11) is 0. The summed E-state index contributed by atoms with van der Waals surface area (Å²) in [6.07, 6.45) is 7.42. The summed E-state index contributed by atoms with van der Waals surface area (Å²) in [5.74, 6) is 1.29. The Bertz CT molecular complexity index is 757. The Kier molecular flexibility index (Phi) is 6.44. The Morgan fingerprint density at radius 2 is 2.31 bits per heavy atom. The number of anilines is 1. The highest BCUT2D eigenvalue weighted by Crippen LogP contribution is 2.26. The number of aromatic nitrogens is 1. The second-order valence-electron chi connectivity index (χ2n) is 6.34. The molecule has 1 aromatic carbocycles. The van der Waals surface area contributed by atoms with Crippen LogP contribution in [0.3, 0.4) is 0 Å². The van der Waals surface area contributed by atoms with Gasteiger partial charge >= 0.3 is 6.09 Å². The van der Waals surface area contributed by atoms with Crippen LogP contribution >= 0.6 is 0 Å². The van der Waals surface area contributed by atoms with Crippen molar-refractivity contribution < 1.29 is 14.3 Å². The SMILES string of the molecule is C=CCOC(=O)Nc1nccc2cc(OCC[C@@H]3CCCCN3)ccc12. The smallest absolute Gasteiger partial charge is 0.413 e. The zero-order valence-electron chi connectivity index (χ0n) is 14.9. The van der Waals surface area contributed by atoms with E-state index in [-0.39, 0.29) is 6.61 Å². The van der Waals surface area contributed by atoms with E-state index in [2.05, 4.69) is 22.2 Å². The summed E-state index contributed by atoms with van der Waals surface area (Å²) in [6, 6.07) is 8.22. The average molecular weight is 355 g/mol. The molecule has 1 aromatic heterocycles. The standard InChI is InChI=1S/C20H25N3O3/c1-2-12-26-20(24)23-19-18-7-6-17(14-15(18)8-11-22-19)25-13-9-16-5-3-4-10-21-16/h2,6-8,11,14,16,21H,1,3-5,9-10,12-13H2,(H,22,23,24)/t16-/m0/s1. The van der Waals surface area contributed by atoms with Crippen LogP contribution < -0.4 is 15.4 Å². The molecule has 26 heavy (non-hydrogen) atoms. The van der Waals surface area contributed by atoms with Gasteiger partial charge in [-0.05, 0) is 55.5 Å². The Morgan fingerprint density at radius 3 is 3.12 bits per heavy atom. The van der Waals surface area contributed by atoms with Crippen molar-refractivity contribution in [2.24, 2.45) is 0 Å². The van der Waals surface area contributed by atoms with E-state index in [4.69, 9.17) is 9.47 Å². The number of piperidine rings is 1. The van der Waals surface area contributed by atoms with Gasteiger partial charge in [-0.2, -0.15) is 0 Å². The lowest BCUT2D eigenvalue weighted by Crippen LogP contribution is -2.35. The fraction of sp³-hybridized carbons (Fsp3) is 0.400. The average Bonchev–Trinajstić information content (AvgIpc) is 2.67. The largest absolute Gasteiger partial charge is 0.494 e. The maximum absolute atomic E-state index is 11.7. The number of nitrogens with zero attached hydrogens (tertiary/aromatic N) is 1. The summed E-state index contributed by atoms with van der Waals surface area (Å²) >= 11 is 0. The predicted molar refractivity (Wildman–Crippen MR) is 103 cm³/mol. The second kappa shape index (κ2) is 9.20. The third kappa shape index (κ3) is 4.95. The Morgan fingerprint density at radius 1 is 1.38 bits per heavy atom. The van der Waals surface area contributed by atoms with E-state index in [9.17, 15) is 4.79 Å². The van der Waals surface area contributed by atoms with Crippen molar-refractivity contribution in [3.8, 4) is 5.75 Å². The van der Waals surface area contributed by atoms with Crippen LogP contribution in [0.4, 0.5) is 10.6 Å². The number of fused-ring (bicyclic) bond motifs is 1. The van der Waals surface area contributed by atoms with Crippen LogP contribution in [-0.2, 0) is 4.74 Å². The molecular formula is C20H25N3O3. The molecule has 0 unspecified atom stereocenters. The Labute approximate surface area is 153 Å². The van der Waals surface area contributed by atoms with Gasteiger partial charge in [-0.1, -0.05) is 19.1 Å². The van der Waals surface area contributed by atoms with E-state index >= 15 is 0 Å². The molecule has 0 spiro atoms. The molecule has 6 heteroatoms. The van der Waals surface area contributed by atoms with E-state index in [0.717, 1.165) is 29.5 Å². The maximum Gasteiger partial charge on any atom is 0.413 e. The number of hydrogen-bond donors (Lipinski definition) is 2. The van der Waals surface area contributed by atoms with Crippen molar-refractivity contribution in [1.29, 1.82) is 0 Å². The number of rotatable bonds is 7. The molecule has 0 saturated carbocycles. The minimum Gasteiger partial charge on any atom is -0.494 e. The molecule has 1 amide bonds. The van der Waals surface area contributed by atoms with Gasteiger partial charge in [0, 0.05) is 17.6 Å². The van der Waals surface area contributed by atoms with Gasteiger partial charge in [0.2, 0.25) is 0 Å². The van der Waals surface area contributed by atoms with Gasteiger partial charge in [0.05, 0.1) is 6.61 Å². The lowest BCUT2D eigenvalue weighted by Gasteiger charge is -2.23. The van der Waals surface area contributed by atoms with Crippen molar-refractivity contribution in [2.75, 3.05) is 25.1 Å². The van der Waals surface area contributed by atoms with Crippen LogP contribution in [0.5, 0.6) is 5.75 Å². The summed E-state index contributed by atoms with van der Waals surface area (Å²) in [5, 5.41) is 7.97. The Hall–Kier alpha value is -2.60. The topological polar surface area (TPSA) is 72.5 Å². The number of carbonyl (C=O) groups is 1. The first-order chi connectivity index (χ1) is 12.8. The fourth-order valence-electron chi connectivity index (χ4n) is 3.10. The number of amides is 1. The van der Waals surface area contributed by atoms with Gasteiger partial charge in [-0.3, -0.25) is 5.32 Å². The molecule has 138 valence electrons. The molecule has 2 heterocycles. The van der Waals surface area contributed by atoms with Crippen LogP contribution in [0.2, 0.25) is 0 Å². The number of benzene rings is 1. The third-order valence-corrected chi connectivity index (χ3v) is 4.44. The van der Waals surface area contributed by atoms with E-state index in [1.165, 1.54) is 25.3 Å². The van der Waals surface area contributed by atoms with Gasteiger partial charge in [0.25, 0.3) is 0 Å². The highest BCUT2D eigenvalue weighted by Gasteiger charge is 2.12. The zero-order valence-corrected chi connectivity index (χ0v) is 14.9. The van der Waals surface area contributed by atoms with Crippen molar-refractivity contribution in [3.63, 3.8) is 0 Å². The molecule has 0 radical (unpaired) electrons. The molecule has 1 atom stereocenters. The number of hydrogen-bond acceptors (Lipinski definition) is 5. The monoisotopic (exact) mass is 355 g/mol. The predicted octanol–water partition coefficient (Wildman–Crippen LogP) is 3.88. The first-order valence-corrected chi connectivity index (χ1v) is 9.06.